The molecule has 1 aliphatic carbocycles. The van der Waals surface area contributed by atoms with Gasteiger partial charge < -0.3 is 15.3 Å². The SMILES string of the molecule is CCCC[O-].CCCC[O-].CCCC[O-].[Ti+3][C]1=CC=CC1. The molecule has 1 rings (SSSR count). The Morgan fingerprint density at radius 3 is 1.29 bits per heavy atom. The van der Waals surface area contributed by atoms with E-state index in [0.29, 0.717) is 0 Å². The molecule has 0 fully saturated rings. The summed E-state index contributed by atoms with van der Waals surface area (Å²) in [6, 6.07) is 0. The zero-order valence-corrected chi connectivity index (χ0v) is 15.6. The minimum atomic E-state index is 0.0938. The molecule has 1 aliphatic rings. The van der Waals surface area contributed by atoms with E-state index in [-0.39, 0.29) is 19.8 Å². The Balaban J connectivity index is -0.000000207. The van der Waals surface area contributed by atoms with Crippen molar-refractivity contribution in [3.8, 4) is 0 Å². The first-order valence-electron chi connectivity index (χ1n) is 7.95. The molecular formula is C17H32O3Ti. The molecular weight excluding hydrogens is 300 g/mol. The first-order chi connectivity index (χ1) is 10.1. The van der Waals surface area contributed by atoms with Crippen molar-refractivity contribution in [2.24, 2.45) is 0 Å². The Morgan fingerprint density at radius 1 is 0.857 bits per heavy atom. The molecule has 3 nitrogen and oxygen atoms in total. The zero-order valence-electron chi connectivity index (χ0n) is 14.0. The van der Waals surface area contributed by atoms with Crippen LogP contribution in [0.2, 0.25) is 0 Å². The summed E-state index contributed by atoms with van der Waals surface area (Å²) in [5.41, 5.74) is 0. The molecule has 0 aromatic rings. The standard InChI is InChI=1S/C5H5.3C4H9O.Ti/c1-2-4-5-3-1;3*1-2-3-4-5;/h1-3H,4H2;3*2-4H2,1H3;/q;3*-1;+3. The van der Waals surface area contributed by atoms with Crippen LogP contribution in [-0.2, 0) is 20.4 Å². The molecule has 0 atom stereocenters. The number of allylic oxidation sites excluding steroid dienone is 4. The van der Waals surface area contributed by atoms with E-state index in [9.17, 15) is 15.3 Å². The predicted molar refractivity (Wildman–Crippen MR) is 81.2 cm³/mol. The fourth-order valence-electron chi connectivity index (χ4n) is 0.880. The van der Waals surface area contributed by atoms with Crippen LogP contribution in [0, 0.1) is 0 Å². The van der Waals surface area contributed by atoms with E-state index < -0.39 is 0 Å². The molecule has 0 saturated heterocycles. The van der Waals surface area contributed by atoms with Crippen molar-refractivity contribution in [3.05, 3.63) is 22.1 Å². The maximum absolute atomic E-state index is 9.53. The van der Waals surface area contributed by atoms with Gasteiger partial charge >= 0.3 is 49.0 Å². The first-order valence-corrected chi connectivity index (χ1v) is 8.74. The fourth-order valence-corrected chi connectivity index (χ4v) is 1.21. The second-order valence-corrected chi connectivity index (χ2v) is 5.50. The molecule has 122 valence electrons. The maximum atomic E-state index is 9.53. The molecule has 0 saturated carbocycles. The molecule has 0 heterocycles. The van der Waals surface area contributed by atoms with Gasteiger partial charge in [0.25, 0.3) is 0 Å². The monoisotopic (exact) mass is 332 g/mol. The molecule has 0 radical (unpaired) electrons. The summed E-state index contributed by atoms with van der Waals surface area (Å²) < 4.78 is 1.47. The van der Waals surface area contributed by atoms with Crippen LogP contribution in [0.4, 0.5) is 0 Å². The predicted octanol–water partition coefficient (Wildman–Crippen LogP) is 1.82. The van der Waals surface area contributed by atoms with Gasteiger partial charge in [0.15, 0.2) is 0 Å². The fraction of sp³-hybridized carbons (Fsp3) is 0.765. The molecule has 0 aromatic carbocycles. The quantitative estimate of drug-likeness (QED) is 0.697. The van der Waals surface area contributed by atoms with Crippen LogP contribution in [0.25, 0.3) is 0 Å². The van der Waals surface area contributed by atoms with Crippen LogP contribution in [0.5, 0.6) is 0 Å². The summed E-state index contributed by atoms with van der Waals surface area (Å²) in [7, 11) is 0. The van der Waals surface area contributed by atoms with E-state index in [0.717, 1.165) is 38.5 Å². The molecule has 21 heavy (non-hydrogen) atoms. The van der Waals surface area contributed by atoms with Crippen LogP contribution in [0.15, 0.2) is 22.1 Å². The Kier molecular flexibility index (Phi) is 35.0. The third-order valence-electron chi connectivity index (χ3n) is 2.26. The normalized spacial score (nSPS) is 11.3. The van der Waals surface area contributed by atoms with E-state index in [1.54, 1.807) is 0 Å². The average molecular weight is 332 g/mol. The number of hydrogen-bond acceptors (Lipinski definition) is 3. The van der Waals surface area contributed by atoms with Gasteiger partial charge in [-0.3, -0.25) is 0 Å². The van der Waals surface area contributed by atoms with Crippen LogP contribution >= 0.6 is 0 Å². The van der Waals surface area contributed by atoms with E-state index in [2.05, 4.69) is 38.7 Å². The first kappa shape index (κ1) is 26.0. The Labute approximate surface area is 143 Å². The van der Waals surface area contributed by atoms with Crippen molar-refractivity contribution >= 4 is 0 Å². The van der Waals surface area contributed by atoms with Crippen LogP contribution in [0.3, 0.4) is 0 Å². The van der Waals surface area contributed by atoms with Crippen molar-refractivity contribution in [3.63, 3.8) is 0 Å². The summed E-state index contributed by atoms with van der Waals surface area (Å²) in [4.78, 5) is 0. The molecule has 4 heteroatoms. The molecule has 0 aliphatic heterocycles. The summed E-state index contributed by atoms with van der Waals surface area (Å²) in [5, 5.41) is 28.6. The summed E-state index contributed by atoms with van der Waals surface area (Å²) >= 11 is 2.14. The van der Waals surface area contributed by atoms with Crippen molar-refractivity contribution in [2.75, 3.05) is 19.8 Å². The van der Waals surface area contributed by atoms with Gasteiger partial charge in [-0.05, 0) is 0 Å². The van der Waals surface area contributed by atoms with Gasteiger partial charge in [0.2, 0.25) is 0 Å². The molecule has 0 amide bonds. The number of unbranched alkanes of at least 4 members (excludes halogenated alkanes) is 3. The second kappa shape index (κ2) is 28.3. The van der Waals surface area contributed by atoms with Crippen molar-refractivity contribution in [1.29, 1.82) is 0 Å². The topological polar surface area (TPSA) is 69.2 Å². The summed E-state index contributed by atoms with van der Waals surface area (Å²) in [6.45, 7) is 6.32. The molecule has 0 spiro atoms. The Morgan fingerprint density at radius 2 is 1.24 bits per heavy atom. The molecule has 0 N–H and O–H groups in total. The minimum absolute atomic E-state index is 0.0938. The van der Waals surface area contributed by atoms with Gasteiger partial charge in [-0.15, -0.1) is 19.8 Å². The van der Waals surface area contributed by atoms with Gasteiger partial charge in [0, 0.05) is 0 Å². The van der Waals surface area contributed by atoms with Crippen LogP contribution in [-0.4, -0.2) is 19.8 Å². The number of rotatable bonds is 6. The van der Waals surface area contributed by atoms with Gasteiger partial charge in [0.1, 0.15) is 0 Å². The van der Waals surface area contributed by atoms with Crippen molar-refractivity contribution in [2.45, 2.75) is 65.7 Å². The molecule has 0 unspecified atom stereocenters. The average Bonchev–Trinajstić information content (AvgIpc) is 2.95. The molecule has 0 aromatic heterocycles. The molecule has 0 bridgehead atoms. The third kappa shape index (κ3) is 38.4. The Bertz CT molecular complexity index is 196. The summed E-state index contributed by atoms with van der Waals surface area (Å²) in [6.07, 6.45) is 13.2. The van der Waals surface area contributed by atoms with Crippen LogP contribution in [0.1, 0.15) is 65.7 Å². The summed E-state index contributed by atoms with van der Waals surface area (Å²) in [5.74, 6) is 0. The van der Waals surface area contributed by atoms with E-state index in [1.807, 2.05) is 20.8 Å². The van der Waals surface area contributed by atoms with E-state index >= 15 is 0 Å². The number of hydrogen-bond donors (Lipinski definition) is 0. The van der Waals surface area contributed by atoms with E-state index in [4.69, 9.17) is 0 Å². The van der Waals surface area contributed by atoms with Crippen molar-refractivity contribution in [1.82, 2.24) is 0 Å². The van der Waals surface area contributed by atoms with Crippen molar-refractivity contribution < 1.29 is 35.8 Å². The third-order valence-corrected chi connectivity index (χ3v) is 2.84. The van der Waals surface area contributed by atoms with Gasteiger partial charge in [-0.1, -0.05) is 59.3 Å². The van der Waals surface area contributed by atoms with Gasteiger partial charge in [-0.2, -0.15) is 0 Å². The van der Waals surface area contributed by atoms with Gasteiger partial charge in [0.05, 0.1) is 0 Å². The Hall–Kier alpha value is 0.0743. The van der Waals surface area contributed by atoms with E-state index in [1.165, 1.54) is 10.3 Å². The van der Waals surface area contributed by atoms with Gasteiger partial charge in [-0.25, -0.2) is 0 Å². The second-order valence-electron chi connectivity index (χ2n) is 4.50. The zero-order chi connectivity index (χ0) is 16.8. The van der Waals surface area contributed by atoms with Crippen LogP contribution < -0.4 is 15.3 Å².